The van der Waals surface area contributed by atoms with Gasteiger partial charge in [-0.3, -0.25) is 10.0 Å². The molecule has 5 rings (SSSR count). The van der Waals surface area contributed by atoms with Crippen molar-refractivity contribution in [1.82, 2.24) is 0 Å². The minimum atomic E-state index is 0.764. The van der Waals surface area contributed by atoms with Crippen LogP contribution < -0.4 is 10.0 Å². The second-order valence-corrected chi connectivity index (χ2v) is 7.70. The van der Waals surface area contributed by atoms with Crippen molar-refractivity contribution in [2.45, 2.75) is 13.3 Å². The minimum Gasteiger partial charge on any atom is -0.455 e. The van der Waals surface area contributed by atoms with Gasteiger partial charge in [-0.1, -0.05) is 36.4 Å². The average molecular weight is 409 g/mol. The molecule has 5 heteroatoms. The van der Waals surface area contributed by atoms with Crippen molar-refractivity contribution in [2.75, 3.05) is 23.6 Å². The summed E-state index contributed by atoms with van der Waals surface area (Å²) in [4.78, 5) is 0. The van der Waals surface area contributed by atoms with Gasteiger partial charge in [0, 0.05) is 19.0 Å². The first kappa shape index (κ1) is 19.1. The highest BCUT2D eigenvalue weighted by Gasteiger charge is 2.17. The van der Waals surface area contributed by atoms with Gasteiger partial charge in [-0.2, -0.15) is 10.2 Å². The van der Waals surface area contributed by atoms with E-state index in [1.165, 1.54) is 11.3 Å². The van der Waals surface area contributed by atoms with Crippen LogP contribution in [0.25, 0.3) is 11.0 Å². The molecule has 5 nitrogen and oxygen atoms in total. The molecule has 4 aromatic rings. The number of furan rings is 1. The lowest BCUT2D eigenvalue weighted by atomic mass is 10.1. The van der Waals surface area contributed by atoms with E-state index in [4.69, 9.17) is 9.52 Å². The van der Waals surface area contributed by atoms with E-state index in [9.17, 15) is 0 Å². The summed E-state index contributed by atoms with van der Waals surface area (Å²) in [5.74, 6) is 0.764. The second kappa shape index (κ2) is 8.11. The fourth-order valence-electron chi connectivity index (χ4n) is 3.87. The van der Waals surface area contributed by atoms with Crippen molar-refractivity contribution in [2.24, 2.45) is 10.2 Å². The van der Waals surface area contributed by atoms with Gasteiger partial charge in [0.05, 0.1) is 17.6 Å². The number of hydrogen-bond acceptors (Lipinski definition) is 5. The molecule has 31 heavy (non-hydrogen) atoms. The Balaban J connectivity index is 1.36. The molecular weight excluding hydrogens is 384 g/mol. The van der Waals surface area contributed by atoms with Crippen LogP contribution in [-0.4, -0.2) is 25.5 Å². The SMILES string of the molecule is CC(=NN(C)c1ccccc1)c1cc2cc(C=NN3CCc4ccccc43)ccc2o1. The van der Waals surface area contributed by atoms with Crippen molar-refractivity contribution < 1.29 is 4.42 Å². The maximum absolute atomic E-state index is 6.03. The summed E-state index contributed by atoms with van der Waals surface area (Å²) < 4.78 is 6.03. The van der Waals surface area contributed by atoms with Crippen LogP contribution in [0.2, 0.25) is 0 Å². The Labute approximate surface area is 181 Å². The van der Waals surface area contributed by atoms with Crippen LogP contribution >= 0.6 is 0 Å². The number of para-hydroxylation sites is 2. The fourth-order valence-corrected chi connectivity index (χ4v) is 3.87. The molecule has 1 aromatic heterocycles. The van der Waals surface area contributed by atoms with E-state index in [0.29, 0.717) is 0 Å². The third kappa shape index (κ3) is 3.94. The second-order valence-electron chi connectivity index (χ2n) is 7.70. The Bertz CT molecular complexity index is 1270. The lowest BCUT2D eigenvalue weighted by Crippen LogP contribution is -2.12. The largest absolute Gasteiger partial charge is 0.455 e. The molecule has 0 amide bonds. The van der Waals surface area contributed by atoms with E-state index in [1.54, 1.807) is 0 Å². The Morgan fingerprint density at radius 1 is 1.00 bits per heavy atom. The standard InChI is InChI=1S/C26H24N4O/c1-19(28-29(2)23-9-4-3-5-10-23)26-17-22-16-20(12-13-25(22)31-26)18-27-30-15-14-21-8-6-7-11-24(21)30/h3-13,16-18H,14-15H2,1-2H3. The van der Waals surface area contributed by atoms with Crippen molar-refractivity contribution >= 4 is 34.3 Å². The fraction of sp³-hybridized carbons (Fsp3) is 0.154. The highest BCUT2D eigenvalue weighted by molar-refractivity contribution is 6.01. The zero-order chi connectivity index (χ0) is 21.2. The first-order valence-electron chi connectivity index (χ1n) is 10.4. The van der Waals surface area contributed by atoms with E-state index in [0.717, 1.165) is 46.7 Å². The maximum atomic E-state index is 6.03. The molecular formula is C26H24N4O. The summed E-state index contributed by atoms with van der Waals surface area (Å²) >= 11 is 0. The zero-order valence-corrected chi connectivity index (χ0v) is 17.7. The van der Waals surface area contributed by atoms with Crippen LogP contribution in [0.4, 0.5) is 11.4 Å². The molecule has 0 aliphatic carbocycles. The summed E-state index contributed by atoms with van der Waals surface area (Å²) in [5, 5.41) is 14.3. The molecule has 0 saturated carbocycles. The Kier molecular flexibility index (Phi) is 5.00. The van der Waals surface area contributed by atoms with Gasteiger partial charge in [0.1, 0.15) is 11.3 Å². The van der Waals surface area contributed by atoms with Gasteiger partial charge in [0.2, 0.25) is 0 Å². The first-order chi connectivity index (χ1) is 15.2. The Morgan fingerprint density at radius 2 is 1.81 bits per heavy atom. The minimum absolute atomic E-state index is 0.764. The lowest BCUT2D eigenvalue weighted by Gasteiger charge is -2.13. The molecule has 3 aromatic carbocycles. The summed E-state index contributed by atoms with van der Waals surface area (Å²) in [6, 6.07) is 26.7. The van der Waals surface area contributed by atoms with Gasteiger partial charge in [-0.15, -0.1) is 0 Å². The summed E-state index contributed by atoms with van der Waals surface area (Å²) in [7, 11) is 1.94. The average Bonchev–Trinajstić information content (AvgIpc) is 3.42. The Hall–Kier alpha value is -3.86. The lowest BCUT2D eigenvalue weighted by molar-refractivity contribution is 0.603. The summed E-state index contributed by atoms with van der Waals surface area (Å²) in [5.41, 5.74) is 6.28. The molecule has 0 radical (unpaired) electrons. The van der Waals surface area contributed by atoms with Crippen LogP contribution in [0.15, 0.2) is 93.5 Å². The van der Waals surface area contributed by atoms with Crippen molar-refractivity contribution in [1.29, 1.82) is 0 Å². The van der Waals surface area contributed by atoms with Gasteiger partial charge in [0.25, 0.3) is 0 Å². The molecule has 0 unspecified atom stereocenters. The van der Waals surface area contributed by atoms with E-state index in [-0.39, 0.29) is 0 Å². The number of hydrogen-bond donors (Lipinski definition) is 0. The van der Waals surface area contributed by atoms with Gasteiger partial charge in [-0.25, -0.2) is 0 Å². The van der Waals surface area contributed by atoms with E-state index >= 15 is 0 Å². The first-order valence-corrected chi connectivity index (χ1v) is 10.4. The van der Waals surface area contributed by atoms with Crippen molar-refractivity contribution in [3.05, 3.63) is 95.7 Å². The highest BCUT2D eigenvalue weighted by atomic mass is 16.3. The van der Waals surface area contributed by atoms with Gasteiger partial charge < -0.3 is 4.42 Å². The Morgan fingerprint density at radius 3 is 2.68 bits per heavy atom. The molecule has 0 atom stereocenters. The van der Waals surface area contributed by atoms with E-state index < -0.39 is 0 Å². The monoisotopic (exact) mass is 408 g/mol. The quantitative estimate of drug-likeness (QED) is 0.315. The predicted molar refractivity (Wildman–Crippen MR) is 128 cm³/mol. The van der Waals surface area contributed by atoms with Crippen LogP contribution in [0.3, 0.4) is 0 Å². The third-order valence-corrected chi connectivity index (χ3v) is 5.54. The van der Waals surface area contributed by atoms with Gasteiger partial charge in [0.15, 0.2) is 5.76 Å². The molecule has 0 bridgehead atoms. The number of anilines is 2. The highest BCUT2D eigenvalue weighted by Crippen LogP contribution is 2.27. The number of rotatable bonds is 5. The zero-order valence-electron chi connectivity index (χ0n) is 17.7. The third-order valence-electron chi connectivity index (χ3n) is 5.54. The van der Waals surface area contributed by atoms with Crippen LogP contribution in [0.1, 0.15) is 23.8 Å². The van der Waals surface area contributed by atoms with Crippen LogP contribution in [0.5, 0.6) is 0 Å². The predicted octanol–water partition coefficient (Wildman–Crippen LogP) is 5.69. The smallest absolute Gasteiger partial charge is 0.151 e. The van der Waals surface area contributed by atoms with E-state index in [2.05, 4.69) is 40.4 Å². The molecule has 0 fully saturated rings. The number of benzene rings is 3. The number of nitrogens with zero attached hydrogens (tertiary/aromatic N) is 4. The molecule has 1 aliphatic rings. The molecule has 0 N–H and O–H groups in total. The maximum Gasteiger partial charge on any atom is 0.151 e. The number of hydrazone groups is 2. The van der Waals surface area contributed by atoms with Crippen LogP contribution in [0, 0.1) is 0 Å². The number of fused-ring (bicyclic) bond motifs is 2. The topological polar surface area (TPSA) is 44.3 Å². The summed E-state index contributed by atoms with van der Waals surface area (Å²) in [6.07, 6.45) is 2.95. The molecule has 0 saturated heterocycles. The van der Waals surface area contributed by atoms with E-state index in [1.807, 2.05) is 73.7 Å². The molecule has 0 spiro atoms. The normalized spacial score (nSPS) is 13.9. The molecule has 2 heterocycles. The van der Waals surface area contributed by atoms with Gasteiger partial charge in [-0.05, 0) is 66.9 Å². The molecule has 1 aliphatic heterocycles. The summed E-state index contributed by atoms with van der Waals surface area (Å²) in [6.45, 7) is 2.88. The van der Waals surface area contributed by atoms with Gasteiger partial charge >= 0.3 is 0 Å². The van der Waals surface area contributed by atoms with Crippen molar-refractivity contribution in [3.63, 3.8) is 0 Å². The van der Waals surface area contributed by atoms with Crippen LogP contribution in [-0.2, 0) is 6.42 Å². The van der Waals surface area contributed by atoms with Crippen molar-refractivity contribution in [3.8, 4) is 0 Å². The molecule has 154 valence electrons.